The van der Waals surface area contributed by atoms with Crippen molar-refractivity contribution in [1.29, 1.82) is 0 Å². The molecule has 0 fully saturated rings. The van der Waals surface area contributed by atoms with Gasteiger partial charge in [0, 0.05) is 6.07 Å². The van der Waals surface area contributed by atoms with Crippen molar-refractivity contribution in [3.05, 3.63) is 47.0 Å². The fourth-order valence-electron chi connectivity index (χ4n) is 1.45. The maximum Gasteiger partial charge on any atom is 0.322 e. The molecule has 8 nitrogen and oxygen atoms in total. The van der Waals surface area contributed by atoms with Gasteiger partial charge in [0.2, 0.25) is 10.0 Å². The second kappa shape index (κ2) is 6.26. The lowest BCUT2D eigenvalue weighted by Gasteiger charge is -2.13. The first kappa shape index (κ1) is 15.8. The molecule has 2 N–H and O–H groups in total. The van der Waals surface area contributed by atoms with Crippen molar-refractivity contribution in [3.8, 4) is 0 Å². The van der Waals surface area contributed by atoms with Crippen molar-refractivity contribution in [3.63, 3.8) is 0 Å². The molecule has 0 heterocycles. The Kier molecular flexibility index (Phi) is 4.94. The largest absolute Gasteiger partial charge is 0.480 e. The number of hydrogen-bond donors (Lipinski definition) is 2. The van der Waals surface area contributed by atoms with Crippen LogP contribution in [-0.2, 0) is 14.8 Å². The van der Waals surface area contributed by atoms with Gasteiger partial charge < -0.3 is 5.11 Å². The van der Waals surface area contributed by atoms with E-state index >= 15 is 0 Å². The van der Waals surface area contributed by atoms with Crippen LogP contribution < -0.4 is 4.72 Å². The molecule has 0 radical (unpaired) electrons. The number of nitrogens with one attached hydrogen (secondary N) is 1. The smallest absolute Gasteiger partial charge is 0.322 e. The summed E-state index contributed by atoms with van der Waals surface area (Å²) >= 11 is 0. The first-order valence-corrected chi connectivity index (χ1v) is 6.87. The van der Waals surface area contributed by atoms with Crippen LogP contribution in [0.25, 0.3) is 0 Å². The summed E-state index contributed by atoms with van der Waals surface area (Å²) in [4.78, 5) is 20.3. The molecular weight excluding hydrogens is 288 g/mol. The quantitative estimate of drug-likeness (QED) is 0.437. The third-order valence-electron chi connectivity index (χ3n) is 2.35. The van der Waals surface area contributed by atoms with Gasteiger partial charge in [-0.05, 0) is 12.5 Å². The number of nitro groups is 1. The molecular formula is C11H12N2O6S. The molecule has 0 aliphatic carbocycles. The molecule has 20 heavy (non-hydrogen) atoms. The number of rotatable bonds is 7. The molecule has 0 saturated heterocycles. The van der Waals surface area contributed by atoms with Gasteiger partial charge in [-0.2, -0.15) is 4.72 Å². The third kappa shape index (κ3) is 3.62. The van der Waals surface area contributed by atoms with Gasteiger partial charge in [0.15, 0.2) is 4.90 Å². The van der Waals surface area contributed by atoms with Crippen molar-refractivity contribution in [2.75, 3.05) is 0 Å². The molecule has 0 bridgehead atoms. The summed E-state index contributed by atoms with van der Waals surface area (Å²) in [6.07, 6.45) is 1.09. The summed E-state index contributed by atoms with van der Waals surface area (Å²) in [5, 5.41) is 19.7. The lowest BCUT2D eigenvalue weighted by Crippen LogP contribution is -2.40. The van der Waals surface area contributed by atoms with E-state index in [0.717, 1.165) is 12.1 Å². The Hall–Kier alpha value is -2.26. The Balaban J connectivity index is 3.20. The summed E-state index contributed by atoms with van der Waals surface area (Å²) in [6.45, 7) is 3.33. The fraction of sp³-hybridized carbons (Fsp3) is 0.182. The zero-order valence-electron chi connectivity index (χ0n) is 10.2. The molecule has 9 heteroatoms. The SMILES string of the molecule is C=CCC(NS(=O)(=O)c1ccccc1[N+](=O)[O-])C(=O)O. The fourth-order valence-corrected chi connectivity index (χ4v) is 2.83. The van der Waals surface area contributed by atoms with E-state index in [1.165, 1.54) is 18.2 Å². The van der Waals surface area contributed by atoms with Crippen molar-refractivity contribution >= 4 is 21.7 Å². The Morgan fingerprint density at radius 2 is 2.10 bits per heavy atom. The lowest BCUT2D eigenvalue weighted by molar-refractivity contribution is -0.387. The monoisotopic (exact) mass is 300 g/mol. The Labute approximate surface area is 114 Å². The normalized spacial score (nSPS) is 12.6. The van der Waals surface area contributed by atoms with E-state index in [2.05, 4.69) is 6.58 Å². The van der Waals surface area contributed by atoms with Gasteiger partial charge in [-0.15, -0.1) is 6.58 Å². The van der Waals surface area contributed by atoms with E-state index in [4.69, 9.17) is 5.11 Å². The van der Waals surface area contributed by atoms with Gasteiger partial charge in [0.1, 0.15) is 6.04 Å². The van der Waals surface area contributed by atoms with Gasteiger partial charge in [-0.3, -0.25) is 14.9 Å². The van der Waals surface area contributed by atoms with Gasteiger partial charge >= 0.3 is 5.97 Å². The molecule has 1 rings (SSSR count). The van der Waals surface area contributed by atoms with Crippen molar-refractivity contribution in [1.82, 2.24) is 4.72 Å². The lowest BCUT2D eigenvalue weighted by atomic mass is 10.2. The highest BCUT2D eigenvalue weighted by atomic mass is 32.2. The second-order valence-electron chi connectivity index (χ2n) is 3.76. The average molecular weight is 300 g/mol. The Bertz CT molecular complexity index is 640. The van der Waals surface area contributed by atoms with Crippen LogP contribution in [0.3, 0.4) is 0 Å². The molecule has 0 amide bonds. The summed E-state index contributed by atoms with van der Waals surface area (Å²) in [7, 11) is -4.32. The molecule has 0 aliphatic rings. The van der Waals surface area contributed by atoms with Crippen LogP contribution in [0.1, 0.15) is 6.42 Å². The van der Waals surface area contributed by atoms with E-state index in [0.29, 0.717) is 0 Å². The summed E-state index contributed by atoms with van der Waals surface area (Å²) < 4.78 is 26.0. The van der Waals surface area contributed by atoms with E-state index in [-0.39, 0.29) is 6.42 Å². The number of benzene rings is 1. The van der Waals surface area contributed by atoms with E-state index in [9.17, 15) is 23.3 Å². The predicted octanol–water partition coefficient (Wildman–Crippen LogP) is 0.902. The van der Waals surface area contributed by atoms with Crippen LogP contribution in [-0.4, -0.2) is 30.5 Å². The third-order valence-corrected chi connectivity index (χ3v) is 3.87. The van der Waals surface area contributed by atoms with Crippen LogP contribution in [0.5, 0.6) is 0 Å². The second-order valence-corrected chi connectivity index (χ2v) is 5.44. The predicted molar refractivity (Wildman–Crippen MR) is 69.7 cm³/mol. The van der Waals surface area contributed by atoms with Gasteiger partial charge in [0.25, 0.3) is 5.69 Å². The number of nitro benzene ring substituents is 1. The number of nitrogens with zero attached hydrogens (tertiary/aromatic N) is 1. The minimum absolute atomic E-state index is 0.144. The molecule has 1 aromatic rings. The highest BCUT2D eigenvalue weighted by Crippen LogP contribution is 2.23. The van der Waals surface area contributed by atoms with Crippen LogP contribution in [0.4, 0.5) is 5.69 Å². The first-order chi connectivity index (χ1) is 9.29. The molecule has 108 valence electrons. The Morgan fingerprint density at radius 1 is 1.50 bits per heavy atom. The average Bonchev–Trinajstić information content (AvgIpc) is 2.38. The number of hydrogen-bond acceptors (Lipinski definition) is 5. The first-order valence-electron chi connectivity index (χ1n) is 5.39. The molecule has 0 spiro atoms. The summed E-state index contributed by atoms with van der Waals surface area (Å²) in [5.74, 6) is -1.40. The number of sulfonamides is 1. The number of para-hydroxylation sites is 1. The van der Waals surface area contributed by atoms with Gasteiger partial charge in [-0.25, -0.2) is 8.42 Å². The minimum atomic E-state index is -4.32. The maximum atomic E-state index is 12.0. The number of carbonyl (C=O) groups is 1. The van der Waals surface area contributed by atoms with Gasteiger partial charge in [0.05, 0.1) is 4.92 Å². The van der Waals surface area contributed by atoms with Crippen LogP contribution in [0, 0.1) is 10.1 Å². The van der Waals surface area contributed by atoms with Gasteiger partial charge in [-0.1, -0.05) is 18.2 Å². The Morgan fingerprint density at radius 3 is 2.60 bits per heavy atom. The molecule has 1 unspecified atom stereocenters. The molecule has 1 atom stereocenters. The number of aliphatic carboxylic acids is 1. The van der Waals surface area contributed by atoms with Crippen molar-refractivity contribution in [2.45, 2.75) is 17.4 Å². The molecule has 0 saturated carbocycles. The standard InChI is InChI=1S/C11H12N2O6S/c1-2-5-8(11(14)15)12-20(18,19)10-7-4-3-6-9(10)13(16)17/h2-4,6-8,12H,1,5H2,(H,14,15). The molecule has 1 aromatic carbocycles. The van der Waals surface area contributed by atoms with E-state index in [1.54, 1.807) is 0 Å². The maximum absolute atomic E-state index is 12.0. The van der Waals surface area contributed by atoms with E-state index in [1.807, 2.05) is 4.72 Å². The highest BCUT2D eigenvalue weighted by molar-refractivity contribution is 7.89. The zero-order valence-corrected chi connectivity index (χ0v) is 11.0. The topological polar surface area (TPSA) is 127 Å². The number of carboxylic acid groups (broad SMARTS) is 1. The van der Waals surface area contributed by atoms with Crippen LogP contribution in [0.15, 0.2) is 41.8 Å². The van der Waals surface area contributed by atoms with Crippen LogP contribution in [0.2, 0.25) is 0 Å². The summed E-state index contributed by atoms with van der Waals surface area (Å²) in [6, 6.07) is 3.25. The van der Waals surface area contributed by atoms with Crippen LogP contribution >= 0.6 is 0 Å². The van der Waals surface area contributed by atoms with Crippen molar-refractivity contribution in [2.24, 2.45) is 0 Å². The summed E-state index contributed by atoms with van der Waals surface area (Å²) in [5.41, 5.74) is -0.622. The highest BCUT2D eigenvalue weighted by Gasteiger charge is 2.29. The zero-order chi connectivity index (χ0) is 15.3. The van der Waals surface area contributed by atoms with Crippen molar-refractivity contribution < 1.29 is 23.2 Å². The molecule has 0 aromatic heterocycles. The minimum Gasteiger partial charge on any atom is -0.480 e. The van der Waals surface area contributed by atoms with E-state index < -0.39 is 37.5 Å². The molecule has 0 aliphatic heterocycles. The number of carboxylic acids is 1.